The van der Waals surface area contributed by atoms with Crippen LogP contribution in [0.1, 0.15) is 50.5 Å². The zero-order chi connectivity index (χ0) is 12.3. The molecule has 0 fully saturated rings. The molecule has 90 valence electrons. The monoisotopic (exact) mass is 248 g/mol. The van der Waals surface area contributed by atoms with Crippen molar-refractivity contribution in [2.45, 2.75) is 39.2 Å². The number of rotatable bonds is 5. The summed E-state index contributed by atoms with van der Waals surface area (Å²) >= 11 is 4.67. The van der Waals surface area contributed by atoms with Gasteiger partial charge in [0, 0.05) is 0 Å². The van der Waals surface area contributed by atoms with Crippen LogP contribution in [0, 0.1) is 0 Å². The van der Waals surface area contributed by atoms with E-state index in [0.717, 1.165) is 0 Å². The lowest BCUT2D eigenvalue weighted by atomic mass is 10.1. The molecular weight excluding hydrogens is 234 g/mol. The van der Waals surface area contributed by atoms with E-state index in [4.69, 9.17) is 5.73 Å². The number of halogens is 2. The highest BCUT2D eigenvalue weighted by atomic mass is 32.1. The van der Waals surface area contributed by atoms with Crippen LogP contribution in [-0.2, 0) is 0 Å². The molecule has 0 aromatic carbocycles. The fourth-order valence-corrected chi connectivity index (χ4v) is 1.73. The molecule has 1 aromatic rings. The van der Waals surface area contributed by atoms with E-state index in [1.54, 1.807) is 0 Å². The number of aromatic nitrogens is 3. The number of alkyl halides is 2. The summed E-state index contributed by atoms with van der Waals surface area (Å²) in [5, 5.41) is 7.34. The Bertz CT molecular complexity index is 374. The number of nitrogens with two attached hydrogens (primary N) is 1. The Labute approximate surface area is 97.8 Å². The quantitative estimate of drug-likeness (QED) is 0.812. The van der Waals surface area contributed by atoms with Crippen molar-refractivity contribution in [2.75, 3.05) is 0 Å². The van der Waals surface area contributed by atoms with Gasteiger partial charge < -0.3 is 5.73 Å². The molecule has 4 nitrogen and oxygen atoms in total. The van der Waals surface area contributed by atoms with Gasteiger partial charge in [0.05, 0.1) is 6.04 Å². The SMILES string of the molecule is CCC(CC)n1nnc(C(N)=S)c1C(F)F. The normalized spacial score (nSPS) is 11.4. The Morgan fingerprint density at radius 2 is 2.00 bits per heavy atom. The summed E-state index contributed by atoms with van der Waals surface area (Å²) < 4.78 is 27.0. The van der Waals surface area contributed by atoms with Crippen LogP contribution in [0.2, 0.25) is 0 Å². The molecule has 0 aliphatic rings. The molecule has 0 saturated heterocycles. The van der Waals surface area contributed by atoms with Gasteiger partial charge in [0.15, 0.2) is 0 Å². The smallest absolute Gasteiger partial charge is 0.282 e. The molecular formula is C9H14F2N4S. The topological polar surface area (TPSA) is 56.7 Å². The van der Waals surface area contributed by atoms with Crippen molar-refractivity contribution in [1.82, 2.24) is 15.0 Å². The van der Waals surface area contributed by atoms with Gasteiger partial charge >= 0.3 is 0 Å². The minimum absolute atomic E-state index is 0.0723. The summed E-state index contributed by atoms with van der Waals surface area (Å²) in [6.07, 6.45) is -1.26. The lowest BCUT2D eigenvalue weighted by molar-refractivity contribution is 0.135. The van der Waals surface area contributed by atoms with Crippen LogP contribution in [0.25, 0.3) is 0 Å². The van der Waals surface area contributed by atoms with Gasteiger partial charge in [-0.05, 0) is 12.8 Å². The van der Waals surface area contributed by atoms with Crippen molar-refractivity contribution >= 4 is 17.2 Å². The molecule has 1 rings (SSSR count). The number of hydrogen-bond donors (Lipinski definition) is 1. The maximum Gasteiger partial charge on any atom is 0.282 e. The molecule has 0 radical (unpaired) electrons. The summed E-state index contributed by atoms with van der Waals surface area (Å²) in [5.74, 6) is 0. The average Bonchev–Trinajstić information content (AvgIpc) is 2.64. The fraction of sp³-hybridized carbons (Fsp3) is 0.667. The molecule has 0 spiro atoms. The first-order valence-corrected chi connectivity index (χ1v) is 5.46. The van der Waals surface area contributed by atoms with Gasteiger partial charge in [-0.25, -0.2) is 13.5 Å². The molecule has 0 unspecified atom stereocenters. The Morgan fingerprint density at radius 3 is 2.38 bits per heavy atom. The summed E-state index contributed by atoms with van der Waals surface area (Å²) in [6, 6.07) is -0.0976. The predicted molar refractivity (Wildman–Crippen MR) is 60.5 cm³/mol. The fourth-order valence-electron chi connectivity index (χ4n) is 1.58. The molecule has 0 aliphatic heterocycles. The highest BCUT2D eigenvalue weighted by Gasteiger charge is 2.26. The van der Waals surface area contributed by atoms with Crippen molar-refractivity contribution in [3.8, 4) is 0 Å². The predicted octanol–water partition coefficient (Wildman–Crippen LogP) is 2.21. The first kappa shape index (κ1) is 13.0. The van der Waals surface area contributed by atoms with Crippen LogP contribution in [0.3, 0.4) is 0 Å². The van der Waals surface area contributed by atoms with Crippen LogP contribution < -0.4 is 5.73 Å². The Kier molecular flexibility index (Phi) is 4.28. The Hall–Kier alpha value is -1.11. The van der Waals surface area contributed by atoms with Crippen LogP contribution in [0.5, 0.6) is 0 Å². The van der Waals surface area contributed by atoms with Crippen LogP contribution in [0.15, 0.2) is 0 Å². The van der Waals surface area contributed by atoms with Crippen LogP contribution >= 0.6 is 12.2 Å². The van der Waals surface area contributed by atoms with Crippen molar-refractivity contribution in [3.05, 3.63) is 11.4 Å². The van der Waals surface area contributed by atoms with Gasteiger partial charge in [-0.2, -0.15) is 0 Å². The van der Waals surface area contributed by atoms with E-state index in [-0.39, 0.29) is 22.4 Å². The third-order valence-corrected chi connectivity index (χ3v) is 2.65. The van der Waals surface area contributed by atoms with E-state index >= 15 is 0 Å². The summed E-state index contributed by atoms with van der Waals surface area (Å²) in [7, 11) is 0. The van der Waals surface area contributed by atoms with E-state index in [1.807, 2.05) is 13.8 Å². The van der Waals surface area contributed by atoms with E-state index in [9.17, 15) is 8.78 Å². The van der Waals surface area contributed by atoms with Crippen LogP contribution in [-0.4, -0.2) is 20.0 Å². The molecule has 0 aliphatic carbocycles. The first-order valence-electron chi connectivity index (χ1n) is 5.05. The zero-order valence-electron chi connectivity index (χ0n) is 9.15. The number of thiocarbonyl (C=S) groups is 1. The molecule has 2 N–H and O–H groups in total. The van der Waals surface area contributed by atoms with Gasteiger partial charge in [0.25, 0.3) is 6.43 Å². The second kappa shape index (κ2) is 5.29. The molecule has 0 bridgehead atoms. The average molecular weight is 248 g/mol. The highest BCUT2D eigenvalue weighted by Crippen LogP contribution is 2.26. The van der Waals surface area contributed by atoms with Crippen molar-refractivity contribution in [3.63, 3.8) is 0 Å². The first-order chi connectivity index (χ1) is 7.52. The maximum absolute atomic E-state index is 12.9. The Morgan fingerprint density at radius 1 is 1.44 bits per heavy atom. The molecule has 1 heterocycles. The van der Waals surface area contributed by atoms with Gasteiger partial charge in [0.2, 0.25) is 0 Å². The van der Waals surface area contributed by atoms with Crippen LogP contribution in [0.4, 0.5) is 8.78 Å². The minimum Gasteiger partial charge on any atom is -0.388 e. The van der Waals surface area contributed by atoms with E-state index < -0.39 is 6.43 Å². The molecule has 7 heteroatoms. The van der Waals surface area contributed by atoms with Crippen molar-refractivity contribution < 1.29 is 8.78 Å². The molecule has 0 atom stereocenters. The highest BCUT2D eigenvalue weighted by molar-refractivity contribution is 7.80. The van der Waals surface area contributed by atoms with Gasteiger partial charge in [-0.3, -0.25) is 0 Å². The van der Waals surface area contributed by atoms with Gasteiger partial charge in [-0.1, -0.05) is 31.3 Å². The van der Waals surface area contributed by atoms with Gasteiger partial charge in [0.1, 0.15) is 16.4 Å². The van der Waals surface area contributed by atoms with Crippen molar-refractivity contribution in [1.29, 1.82) is 0 Å². The molecule has 16 heavy (non-hydrogen) atoms. The third-order valence-electron chi connectivity index (χ3n) is 2.46. The molecule has 0 amide bonds. The summed E-state index contributed by atoms with van der Waals surface area (Å²) in [5.41, 5.74) is 4.98. The Balaban J connectivity index is 3.24. The number of nitrogens with zero attached hydrogens (tertiary/aromatic N) is 3. The van der Waals surface area contributed by atoms with E-state index in [1.165, 1.54) is 4.68 Å². The molecule has 1 aromatic heterocycles. The summed E-state index contributed by atoms with van der Waals surface area (Å²) in [4.78, 5) is -0.146. The minimum atomic E-state index is -2.67. The largest absolute Gasteiger partial charge is 0.388 e. The third kappa shape index (κ3) is 2.34. The van der Waals surface area contributed by atoms with E-state index in [0.29, 0.717) is 12.8 Å². The lowest BCUT2D eigenvalue weighted by Gasteiger charge is -2.15. The number of hydrogen-bond acceptors (Lipinski definition) is 3. The lowest BCUT2D eigenvalue weighted by Crippen LogP contribution is -2.17. The zero-order valence-corrected chi connectivity index (χ0v) is 9.97. The second-order valence-electron chi connectivity index (χ2n) is 3.40. The van der Waals surface area contributed by atoms with Crippen molar-refractivity contribution in [2.24, 2.45) is 5.73 Å². The maximum atomic E-state index is 12.9. The summed E-state index contributed by atoms with van der Waals surface area (Å²) in [6.45, 7) is 3.82. The van der Waals surface area contributed by atoms with Gasteiger partial charge in [-0.15, -0.1) is 5.10 Å². The second-order valence-corrected chi connectivity index (χ2v) is 3.84. The van der Waals surface area contributed by atoms with E-state index in [2.05, 4.69) is 22.5 Å². The standard InChI is InChI=1S/C9H14F2N4S/c1-3-5(4-2)15-7(8(10)11)6(9(12)16)13-14-15/h5,8H,3-4H2,1-2H3,(H2,12,16). The molecule has 0 saturated carbocycles.